The van der Waals surface area contributed by atoms with Crippen LogP contribution in [0, 0.1) is 0 Å². The van der Waals surface area contributed by atoms with Crippen molar-refractivity contribution >= 4 is 29.5 Å². The lowest BCUT2D eigenvalue weighted by atomic mass is 10.2. The van der Waals surface area contributed by atoms with Crippen LogP contribution in [0.25, 0.3) is 0 Å². The van der Waals surface area contributed by atoms with E-state index in [0.717, 1.165) is 0 Å². The number of hydrogen-bond donors (Lipinski definition) is 0. The Morgan fingerprint density at radius 3 is 2.69 bits per heavy atom. The lowest BCUT2D eigenvalue weighted by molar-refractivity contribution is -0.875. The van der Waals surface area contributed by atoms with Gasteiger partial charge in [-0.2, -0.15) is 0 Å². The molecule has 0 spiro atoms. The summed E-state index contributed by atoms with van der Waals surface area (Å²) in [6, 6.07) is 0. The topological polar surface area (TPSA) is 17.1 Å². The summed E-state index contributed by atoms with van der Waals surface area (Å²) in [5.74, 6) is 0. The quantitative estimate of drug-likeness (QED) is 0.396. The first-order chi connectivity index (χ1) is 5.95. The average Bonchev–Trinajstić information content (AvgIpc) is 2.10. The number of carbonyl (C=O) groups excluding carboxylic acids is 1. The fraction of sp³-hybridized carbons (Fsp3) is 0.444. The number of quaternary nitrogens is 1. The van der Waals surface area contributed by atoms with Crippen molar-refractivity contribution in [3.8, 4) is 0 Å². The molecular formula is C9H11Cl2NO+. The summed E-state index contributed by atoms with van der Waals surface area (Å²) >= 11 is 12.2. The van der Waals surface area contributed by atoms with E-state index in [2.05, 4.69) is 0 Å². The van der Waals surface area contributed by atoms with Crippen LogP contribution < -0.4 is 0 Å². The van der Waals surface area contributed by atoms with Crippen molar-refractivity contribution in [2.24, 2.45) is 0 Å². The monoisotopic (exact) mass is 219 g/mol. The zero-order valence-corrected chi connectivity index (χ0v) is 9.06. The van der Waals surface area contributed by atoms with E-state index in [9.17, 15) is 4.79 Å². The van der Waals surface area contributed by atoms with Crippen LogP contribution in [0.4, 0.5) is 0 Å². The highest BCUT2D eigenvalue weighted by atomic mass is 35.5. The van der Waals surface area contributed by atoms with Crippen molar-refractivity contribution in [2.75, 3.05) is 13.6 Å². The molecule has 1 rings (SSSR count). The van der Waals surface area contributed by atoms with Gasteiger partial charge in [0.25, 0.3) is 4.46 Å². The van der Waals surface area contributed by atoms with Gasteiger partial charge in [-0.05, 0) is 36.2 Å². The smallest absolute Gasteiger partial charge is 0.274 e. The molecule has 1 aliphatic heterocycles. The third-order valence-electron chi connectivity index (χ3n) is 2.34. The second kappa shape index (κ2) is 3.45. The van der Waals surface area contributed by atoms with E-state index in [1.807, 2.05) is 20.3 Å². The van der Waals surface area contributed by atoms with Crippen molar-refractivity contribution in [3.05, 3.63) is 23.9 Å². The summed E-state index contributed by atoms with van der Waals surface area (Å²) in [7, 11) is 1.86. The zero-order valence-electron chi connectivity index (χ0n) is 7.55. The highest BCUT2D eigenvalue weighted by molar-refractivity contribution is 6.48. The molecule has 0 aromatic rings. The van der Waals surface area contributed by atoms with Crippen molar-refractivity contribution in [2.45, 2.75) is 11.4 Å². The molecule has 1 aliphatic rings. The van der Waals surface area contributed by atoms with Crippen LogP contribution in [-0.2, 0) is 4.79 Å². The van der Waals surface area contributed by atoms with Gasteiger partial charge in [-0.3, -0.25) is 9.28 Å². The first-order valence-corrected chi connectivity index (χ1v) is 4.74. The Morgan fingerprint density at radius 2 is 2.23 bits per heavy atom. The van der Waals surface area contributed by atoms with Gasteiger partial charge in [0.05, 0.1) is 19.2 Å². The molecule has 13 heavy (non-hydrogen) atoms. The van der Waals surface area contributed by atoms with Gasteiger partial charge in [0.2, 0.25) is 6.29 Å². The Hall–Kier alpha value is -0.310. The van der Waals surface area contributed by atoms with Gasteiger partial charge >= 0.3 is 0 Å². The molecule has 0 bridgehead atoms. The lowest BCUT2D eigenvalue weighted by Gasteiger charge is -2.39. The molecule has 0 fully saturated rings. The van der Waals surface area contributed by atoms with E-state index in [4.69, 9.17) is 23.2 Å². The second-order valence-corrected chi connectivity index (χ2v) is 4.54. The predicted octanol–water partition coefficient (Wildman–Crippen LogP) is 2.15. The molecule has 0 N–H and O–H groups in total. The van der Waals surface area contributed by atoms with Gasteiger partial charge in [0, 0.05) is 6.08 Å². The van der Waals surface area contributed by atoms with Crippen molar-refractivity contribution in [1.29, 1.82) is 0 Å². The van der Waals surface area contributed by atoms with Crippen LogP contribution in [0.2, 0.25) is 0 Å². The number of allylic oxidation sites excluding steroid dienone is 2. The predicted molar refractivity (Wildman–Crippen MR) is 54.1 cm³/mol. The average molecular weight is 220 g/mol. The van der Waals surface area contributed by atoms with Gasteiger partial charge < -0.3 is 0 Å². The second-order valence-electron chi connectivity index (χ2n) is 3.19. The minimum atomic E-state index is -0.991. The Bertz CT molecular complexity index is 283. The van der Waals surface area contributed by atoms with E-state index in [1.54, 1.807) is 18.4 Å². The molecule has 0 aliphatic carbocycles. The molecule has 2 nitrogen and oxygen atoms in total. The first-order valence-electron chi connectivity index (χ1n) is 3.98. The fourth-order valence-electron chi connectivity index (χ4n) is 1.16. The summed E-state index contributed by atoms with van der Waals surface area (Å²) in [5.41, 5.74) is 0.487. The third-order valence-corrected chi connectivity index (χ3v) is 3.37. The van der Waals surface area contributed by atoms with Crippen LogP contribution in [0.15, 0.2) is 23.9 Å². The number of alkyl halides is 2. The maximum Gasteiger partial charge on any atom is 0.274 e. The number of rotatable bonds is 2. The molecule has 71 valence electrons. The van der Waals surface area contributed by atoms with E-state index >= 15 is 0 Å². The maximum atomic E-state index is 10.4. The SMILES string of the molecule is CC[N+]1(C)C=C([C]=O)C=CC1(Cl)Cl. The number of likely N-dealkylation sites (N-methyl/N-ethyl adjacent to an activating group) is 1. The van der Waals surface area contributed by atoms with Crippen molar-refractivity contribution in [3.63, 3.8) is 0 Å². The molecule has 1 radical (unpaired) electrons. The molecule has 0 saturated heterocycles. The van der Waals surface area contributed by atoms with E-state index in [-0.39, 0.29) is 4.48 Å². The Labute approximate surface area is 88.0 Å². The number of hydrogen-bond acceptors (Lipinski definition) is 1. The van der Waals surface area contributed by atoms with Gasteiger partial charge in [0.15, 0.2) is 0 Å². The molecule has 1 heterocycles. The number of halogens is 2. The van der Waals surface area contributed by atoms with E-state index < -0.39 is 4.46 Å². The zero-order chi connectivity index (χ0) is 10.1. The molecule has 0 saturated carbocycles. The molecule has 0 amide bonds. The molecular weight excluding hydrogens is 209 g/mol. The van der Waals surface area contributed by atoms with Crippen LogP contribution >= 0.6 is 23.2 Å². The van der Waals surface area contributed by atoms with Crippen molar-refractivity contribution < 1.29 is 9.28 Å². The fourth-order valence-corrected chi connectivity index (χ4v) is 1.62. The number of nitrogens with zero attached hydrogens (tertiary/aromatic N) is 1. The van der Waals surface area contributed by atoms with E-state index in [1.165, 1.54) is 0 Å². The summed E-state index contributed by atoms with van der Waals surface area (Å²) in [6.45, 7) is 2.67. The van der Waals surface area contributed by atoms with Crippen LogP contribution in [0.3, 0.4) is 0 Å². The van der Waals surface area contributed by atoms with Crippen LogP contribution in [-0.4, -0.2) is 28.8 Å². The van der Waals surface area contributed by atoms with Crippen LogP contribution in [0.1, 0.15) is 6.92 Å². The van der Waals surface area contributed by atoms with Gasteiger partial charge in [0.1, 0.15) is 6.20 Å². The standard InChI is InChI=1S/C9H11Cl2NO/c1-3-12(2)6-8(7-13)4-5-9(12,10)11/h4-6H,3H2,1-2H3/q+1. The third kappa shape index (κ3) is 1.80. The summed E-state index contributed by atoms with van der Waals surface area (Å²) in [4.78, 5) is 10.4. The Morgan fingerprint density at radius 1 is 1.62 bits per heavy atom. The maximum absolute atomic E-state index is 10.4. The first kappa shape index (κ1) is 10.8. The highest BCUT2D eigenvalue weighted by Gasteiger charge is 2.43. The Balaban J connectivity index is 3.10. The highest BCUT2D eigenvalue weighted by Crippen LogP contribution is 2.37. The van der Waals surface area contributed by atoms with Gasteiger partial charge in [-0.1, -0.05) is 0 Å². The lowest BCUT2D eigenvalue weighted by Crippen LogP contribution is -2.52. The molecule has 1 unspecified atom stereocenters. The largest absolute Gasteiger partial charge is 0.285 e. The normalized spacial score (nSPS) is 31.2. The molecule has 0 aromatic carbocycles. The van der Waals surface area contributed by atoms with Gasteiger partial charge in [-0.15, -0.1) is 0 Å². The molecule has 1 atom stereocenters. The molecule has 0 aromatic heterocycles. The Kier molecular flexibility index (Phi) is 2.85. The summed E-state index contributed by atoms with van der Waals surface area (Å²) in [6.07, 6.45) is 6.73. The molecule has 4 heteroatoms. The summed E-state index contributed by atoms with van der Waals surface area (Å²) in [5, 5.41) is 0. The van der Waals surface area contributed by atoms with Crippen LogP contribution in [0.5, 0.6) is 0 Å². The van der Waals surface area contributed by atoms with Crippen molar-refractivity contribution in [1.82, 2.24) is 0 Å². The van der Waals surface area contributed by atoms with E-state index in [0.29, 0.717) is 12.1 Å². The van der Waals surface area contributed by atoms with Gasteiger partial charge in [-0.25, -0.2) is 0 Å². The summed E-state index contributed by atoms with van der Waals surface area (Å²) < 4.78 is -0.702. The minimum absolute atomic E-state index is 0.289. The minimum Gasteiger partial charge on any atom is -0.285 e.